The lowest BCUT2D eigenvalue weighted by molar-refractivity contribution is 0.0951. The third-order valence-electron chi connectivity index (χ3n) is 6.10. The maximum atomic E-state index is 13.5. The molecule has 182 valence electrons. The summed E-state index contributed by atoms with van der Waals surface area (Å²) in [5, 5.41) is 4.79. The van der Waals surface area contributed by atoms with Crippen molar-refractivity contribution in [3.8, 4) is 11.5 Å². The van der Waals surface area contributed by atoms with Crippen molar-refractivity contribution in [2.24, 2.45) is 0 Å². The Kier molecular flexibility index (Phi) is 5.90. The van der Waals surface area contributed by atoms with Crippen molar-refractivity contribution in [2.45, 2.75) is 26.1 Å². The maximum absolute atomic E-state index is 13.5. The van der Waals surface area contributed by atoms with Gasteiger partial charge in [-0.1, -0.05) is 48.2 Å². The molecule has 5 aromatic rings. The Morgan fingerprint density at radius 2 is 1.68 bits per heavy atom. The average molecular weight is 525 g/mol. The first-order valence-corrected chi connectivity index (χ1v) is 13.8. The van der Waals surface area contributed by atoms with Gasteiger partial charge in [-0.15, -0.1) is 0 Å². The van der Waals surface area contributed by atoms with Crippen LogP contribution in [0.15, 0.2) is 123 Å². The Hall–Kier alpha value is -4.14. The Balaban J connectivity index is 1.19. The lowest BCUT2D eigenvalue weighted by Crippen LogP contribution is -2.22. The molecule has 2 heterocycles. The van der Waals surface area contributed by atoms with E-state index in [1.54, 1.807) is 60.9 Å². The first kappa shape index (κ1) is 23.3. The molecule has 8 heteroatoms. The molecule has 0 bridgehead atoms. The molecule has 1 aliphatic rings. The van der Waals surface area contributed by atoms with E-state index in [0.29, 0.717) is 17.1 Å². The molecule has 0 unspecified atom stereocenters. The second kappa shape index (κ2) is 9.38. The van der Waals surface area contributed by atoms with E-state index in [1.165, 1.54) is 11.8 Å². The fourth-order valence-corrected chi connectivity index (χ4v) is 6.61. The minimum atomic E-state index is -3.83. The van der Waals surface area contributed by atoms with Gasteiger partial charge in [0.1, 0.15) is 10.6 Å². The third kappa shape index (κ3) is 4.45. The highest BCUT2D eigenvalue weighted by Gasteiger charge is 2.28. The second-order valence-electron chi connectivity index (χ2n) is 8.50. The summed E-state index contributed by atoms with van der Waals surface area (Å²) in [5.74, 6) is 0.762. The van der Waals surface area contributed by atoms with Crippen LogP contribution >= 0.6 is 11.8 Å². The van der Waals surface area contributed by atoms with E-state index in [-0.39, 0.29) is 22.2 Å². The van der Waals surface area contributed by atoms with Crippen LogP contribution in [0, 0.1) is 0 Å². The van der Waals surface area contributed by atoms with E-state index < -0.39 is 9.84 Å². The number of pyridine rings is 1. The number of aromatic nitrogens is 1. The number of ether oxygens (including phenoxy) is 1. The van der Waals surface area contributed by atoms with Crippen LogP contribution in [0.5, 0.6) is 11.5 Å². The molecule has 6 rings (SSSR count). The molecule has 0 saturated carbocycles. The van der Waals surface area contributed by atoms with Crippen molar-refractivity contribution in [2.75, 3.05) is 0 Å². The van der Waals surface area contributed by atoms with Crippen molar-refractivity contribution in [3.63, 3.8) is 0 Å². The first-order chi connectivity index (χ1) is 18.0. The van der Waals surface area contributed by atoms with Gasteiger partial charge in [-0.25, -0.2) is 8.42 Å². The van der Waals surface area contributed by atoms with Crippen LogP contribution in [-0.2, 0) is 16.4 Å². The molecule has 1 aliphatic heterocycles. The number of hydrogen-bond donors (Lipinski definition) is 1. The predicted octanol–water partition coefficient (Wildman–Crippen LogP) is 6.25. The predicted molar refractivity (Wildman–Crippen MR) is 142 cm³/mol. The van der Waals surface area contributed by atoms with Gasteiger partial charge in [-0.2, -0.15) is 0 Å². The Labute approximate surface area is 218 Å². The normalized spacial score (nSPS) is 12.3. The molecule has 0 fully saturated rings. The summed E-state index contributed by atoms with van der Waals surface area (Å²) in [5.41, 5.74) is 1.32. The van der Waals surface area contributed by atoms with Gasteiger partial charge in [0.25, 0.3) is 5.91 Å². The van der Waals surface area contributed by atoms with E-state index in [4.69, 9.17) is 4.74 Å². The molecule has 0 radical (unpaired) electrons. The average Bonchev–Trinajstić information content (AvgIpc) is 2.94. The number of amides is 1. The highest BCUT2D eigenvalue weighted by atomic mass is 32.2. The largest absolute Gasteiger partial charge is 0.454 e. The fraction of sp³-hybridized carbons (Fsp3) is 0.0345. The highest BCUT2D eigenvalue weighted by molar-refractivity contribution is 7.99. The van der Waals surface area contributed by atoms with Crippen molar-refractivity contribution in [3.05, 3.63) is 115 Å². The Morgan fingerprint density at radius 1 is 0.865 bits per heavy atom. The van der Waals surface area contributed by atoms with E-state index in [9.17, 15) is 13.2 Å². The number of fused-ring (bicyclic) bond motifs is 3. The summed E-state index contributed by atoms with van der Waals surface area (Å²) in [6.07, 6.45) is 3.43. The fourth-order valence-electron chi connectivity index (χ4n) is 4.16. The van der Waals surface area contributed by atoms with Crippen LogP contribution in [-0.4, -0.2) is 19.3 Å². The smallest absolute Gasteiger partial charge is 0.251 e. The SMILES string of the molecule is O=C(NCc1ccc(S(=O)(=O)c2cccc3c2Oc2ccccc2S3)cc1)c1ccc2ccncc2c1. The molecule has 1 N–H and O–H groups in total. The van der Waals surface area contributed by atoms with Gasteiger partial charge in [-0.05, 0) is 65.5 Å². The van der Waals surface area contributed by atoms with E-state index in [0.717, 1.165) is 26.1 Å². The number of para-hydroxylation sites is 2. The molecule has 6 nitrogen and oxygen atoms in total. The van der Waals surface area contributed by atoms with Crippen LogP contribution in [0.25, 0.3) is 10.8 Å². The van der Waals surface area contributed by atoms with Crippen LogP contribution in [0.4, 0.5) is 0 Å². The number of carbonyl (C=O) groups excluding carboxylic acids is 1. The van der Waals surface area contributed by atoms with Crippen LogP contribution in [0.1, 0.15) is 15.9 Å². The number of benzene rings is 4. The molecule has 1 aromatic heterocycles. The summed E-state index contributed by atoms with van der Waals surface area (Å²) in [4.78, 5) is 18.7. The first-order valence-electron chi connectivity index (χ1n) is 11.5. The summed E-state index contributed by atoms with van der Waals surface area (Å²) in [6.45, 7) is 0.265. The zero-order valence-electron chi connectivity index (χ0n) is 19.4. The Bertz CT molecular complexity index is 1770. The van der Waals surface area contributed by atoms with E-state index >= 15 is 0 Å². The highest BCUT2D eigenvalue weighted by Crippen LogP contribution is 2.49. The van der Waals surface area contributed by atoms with Crippen LogP contribution in [0.2, 0.25) is 0 Å². The van der Waals surface area contributed by atoms with Crippen LogP contribution in [0.3, 0.4) is 0 Å². The topological polar surface area (TPSA) is 85.4 Å². The van der Waals surface area contributed by atoms with Gasteiger partial charge < -0.3 is 10.1 Å². The lowest BCUT2D eigenvalue weighted by atomic mass is 10.1. The summed E-state index contributed by atoms with van der Waals surface area (Å²) < 4.78 is 33.1. The van der Waals surface area contributed by atoms with Crippen LogP contribution < -0.4 is 10.1 Å². The third-order valence-corrected chi connectivity index (χ3v) is 8.99. The van der Waals surface area contributed by atoms with Gasteiger partial charge in [0.05, 0.1) is 14.7 Å². The minimum absolute atomic E-state index is 0.124. The standard InChI is InChI=1S/C29H20N2O4S2/c32-29(21-11-10-20-14-15-30-18-22(20)16-21)31-17-19-8-12-23(13-9-19)37(33,34)27-7-3-6-26-28(27)35-24-4-1-2-5-25(24)36-26/h1-16,18H,17H2,(H,31,32). The molecule has 37 heavy (non-hydrogen) atoms. The summed E-state index contributed by atoms with van der Waals surface area (Å²) in [7, 11) is -3.83. The monoisotopic (exact) mass is 524 g/mol. The molecule has 0 saturated heterocycles. The molecular weight excluding hydrogens is 504 g/mol. The maximum Gasteiger partial charge on any atom is 0.251 e. The van der Waals surface area contributed by atoms with Gasteiger partial charge >= 0.3 is 0 Å². The van der Waals surface area contributed by atoms with Crippen molar-refractivity contribution >= 4 is 38.3 Å². The van der Waals surface area contributed by atoms with Gasteiger partial charge in [0, 0.05) is 29.9 Å². The summed E-state index contributed by atoms with van der Waals surface area (Å²) >= 11 is 1.49. The second-order valence-corrected chi connectivity index (χ2v) is 11.5. The molecular formula is C29H20N2O4S2. The van der Waals surface area contributed by atoms with Gasteiger partial charge in [0.15, 0.2) is 5.75 Å². The van der Waals surface area contributed by atoms with Gasteiger partial charge in [0.2, 0.25) is 9.84 Å². The number of carbonyl (C=O) groups is 1. The quantitative estimate of drug-likeness (QED) is 0.287. The summed E-state index contributed by atoms with van der Waals surface area (Å²) in [6, 6.07) is 26.6. The molecule has 1 amide bonds. The van der Waals surface area contributed by atoms with Crippen molar-refractivity contribution < 1.29 is 17.9 Å². The molecule has 0 spiro atoms. The van der Waals surface area contributed by atoms with E-state index in [2.05, 4.69) is 10.3 Å². The zero-order valence-corrected chi connectivity index (χ0v) is 21.1. The van der Waals surface area contributed by atoms with Crippen molar-refractivity contribution in [1.29, 1.82) is 0 Å². The lowest BCUT2D eigenvalue weighted by Gasteiger charge is -2.21. The van der Waals surface area contributed by atoms with E-state index in [1.807, 2.05) is 42.5 Å². The van der Waals surface area contributed by atoms with Gasteiger partial charge in [-0.3, -0.25) is 9.78 Å². The Morgan fingerprint density at radius 3 is 2.54 bits per heavy atom. The number of nitrogens with zero attached hydrogens (tertiary/aromatic N) is 1. The molecule has 4 aromatic carbocycles. The van der Waals surface area contributed by atoms with Crippen molar-refractivity contribution in [1.82, 2.24) is 10.3 Å². The molecule has 0 atom stereocenters. The number of hydrogen-bond acceptors (Lipinski definition) is 6. The number of nitrogens with one attached hydrogen (secondary N) is 1. The minimum Gasteiger partial charge on any atom is -0.454 e. The zero-order chi connectivity index (χ0) is 25.4. The number of rotatable bonds is 5. The number of sulfone groups is 1. The molecule has 0 aliphatic carbocycles.